The first kappa shape index (κ1) is 25.4. The first-order valence-electron chi connectivity index (χ1n) is 11.8. The largest absolute Gasteiger partial charge is 0.463 e. The Bertz CT molecular complexity index is 1310. The first-order chi connectivity index (χ1) is 17.9. The molecule has 1 saturated heterocycles. The van der Waals surface area contributed by atoms with Crippen LogP contribution in [0.25, 0.3) is 11.1 Å². The van der Waals surface area contributed by atoms with Gasteiger partial charge < -0.3 is 14.7 Å². The number of carbonyl (C=O) groups excluding carboxylic acids is 2. The van der Waals surface area contributed by atoms with Crippen LogP contribution in [0.4, 0.5) is 10.5 Å². The lowest BCUT2D eigenvalue weighted by molar-refractivity contribution is -0.172. The van der Waals surface area contributed by atoms with Crippen LogP contribution in [-0.2, 0) is 25.7 Å². The van der Waals surface area contributed by atoms with Gasteiger partial charge in [0.1, 0.15) is 6.10 Å². The Morgan fingerprint density at radius 1 is 0.946 bits per heavy atom. The summed E-state index contributed by atoms with van der Waals surface area (Å²) in [6.45, 7) is 1.93. The van der Waals surface area contributed by atoms with Crippen LogP contribution in [0.1, 0.15) is 24.0 Å². The summed E-state index contributed by atoms with van der Waals surface area (Å²) in [7, 11) is 0. The van der Waals surface area contributed by atoms with Gasteiger partial charge in [0.15, 0.2) is 0 Å². The highest BCUT2D eigenvalue weighted by molar-refractivity contribution is 6.30. The lowest BCUT2D eigenvalue weighted by Crippen LogP contribution is -2.40. The van der Waals surface area contributed by atoms with Gasteiger partial charge in [0.2, 0.25) is 0 Å². The molecule has 0 saturated carbocycles. The quantitative estimate of drug-likeness (QED) is 0.312. The normalized spacial score (nSPS) is 13.8. The van der Waals surface area contributed by atoms with Crippen molar-refractivity contribution < 1.29 is 29.1 Å². The average molecular weight is 500 g/mol. The molecule has 0 bridgehead atoms. The SMILES string of the molecule is N#Cc1cccc(CN2CCC(OC(=O)C(=O)ON(C(=O)O)c3ccccc3-c3ccccc3)CC2)c1. The van der Waals surface area contributed by atoms with Gasteiger partial charge in [-0.1, -0.05) is 60.7 Å². The van der Waals surface area contributed by atoms with E-state index in [2.05, 4.69) is 11.0 Å². The van der Waals surface area contributed by atoms with Crippen LogP contribution < -0.4 is 5.06 Å². The molecule has 4 rings (SSSR count). The topological polar surface area (TPSA) is 120 Å². The number of hydroxylamine groups is 1. The number of nitrogens with zero attached hydrogens (tertiary/aromatic N) is 3. The van der Waals surface area contributed by atoms with Crippen LogP contribution >= 0.6 is 0 Å². The monoisotopic (exact) mass is 499 g/mol. The molecule has 0 unspecified atom stereocenters. The Morgan fingerprint density at radius 3 is 2.35 bits per heavy atom. The lowest BCUT2D eigenvalue weighted by atomic mass is 10.0. The van der Waals surface area contributed by atoms with Crippen LogP contribution in [-0.4, -0.2) is 47.2 Å². The molecule has 0 aliphatic carbocycles. The molecule has 37 heavy (non-hydrogen) atoms. The molecule has 1 amide bonds. The van der Waals surface area contributed by atoms with Gasteiger partial charge in [0, 0.05) is 25.2 Å². The Kier molecular flexibility index (Phi) is 8.13. The predicted molar refractivity (Wildman–Crippen MR) is 134 cm³/mol. The number of ether oxygens (including phenoxy) is 1. The minimum atomic E-state index is -1.56. The van der Waals surface area contributed by atoms with E-state index >= 15 is 0 Å². The van der Waals surface area contributed by atoms with Crippen molar-refractivity contribution in [2.24, 2.45) is 0 Å². The summed E-state index contributed by atoms with van der Waals surface area (Å²) < 4.78 is 5.32. The van der Waals surface area contributed by atoms with E-state index in [0.717, 1.165) is 5.56 Å². The van der Waals surface area contributed by atoms with Crippen molar-refractivity contribution in [3.63, 3.8) is 0 Å². The number of carbonyl (C=O) groups is 3. The number of anilines is 1. The van der Waals surface area contributed by atoms with Gasteiger partial charge in [-0.15, -0.1) is 5.06 Å². The molecule has 188 valence electrons. The minimum Gasteiger partial charge on any atom is -0.463 e. The number of benzene rings is 3. The number of hydrogen-bond acceptors (Lipinski definition) is 7. The molecule has 9 nitrogen and oxygen atoms in total. The smallest absolute Gasteiger partial charge is 0.445 e. The van der Waals surface area contributed by atoms with E-state index in [-0.39, 0.29) is 5.69 Å². The molecule has 9 heteroatoms. The fourth-order valence-electron chi connectivity index (χ4n) is 4.21. The van der Waals surface area contributed by atoms with Crippen molar-refractivity contribution >= 4 is 23.7 Å². The number of hydrogen-bond donors (Lipinski definition) is 1. The lowest BCUT2D eigenvalue weighted by Gasteiger charge is -2.31. The summed E-state index contributed by atoms with van der Waals surface area (Å²) in [6.07, 6.45) is -1.03. The van der Waals surface area contributed by atoms with Crippen molar-refractivity contribution in [2.75, 3.05) is 18.2 Å². The van der Waals surface area contributed by atoms with Gasteiger partial charge in [0.05, 0.1) is 17.3 Å². The van der Waals surface area contributed by atoms with E-state index in [9.17, 15) is 19.5 Å². The Balaban J connectivity index is 1.34. The van der Waals surface area contributed by atoms with Crippen molar-refractivity contribution in [1.29, 1.82) is 5.26 Å². The summed E-state index contributed by atoms with van der Waals surface area (Å²) >= 11 is 0. The Labute approximate surface area is 214 Å². The highest BCUT2D eigenvalue weighted by Gasteiger charge is 2.31. The molecule has 0 radical (unpaired) electrons. The molecule has 3 aromatic rings. The molecule has 1 fully saturated rings. The van der Waals surface area contributed by atoms with Crippen LogP contribution in [0.15, 0.2) is 78.9 Å². The van der Waals surface area contributed by atoms with Gasteiger partial charge in [-0.3, -0.25) is 4.90 Å². The fourth-order valence-corrected chi connectivity index (χ4v) is 4.21. The maximum atomic E-state index is 12.5. The number of para-hydroxylation sites is 1. The van der Waals surface area contributed by atoms with Crippen LogP contribution in [0.2, 0.25) is 0 Å². The second-order valence-corrected chi connectivity index (χ2v) is 8.53. The Hall–Kier alpha value is -4.68. The maximum Gasteiger partial charge on any atom is 0.445 e. The predicted octanol–water partition coefficient (Wildman–Crippen LogP) is 4.38. The van der Waals surface area contributed by atoms with Crippen LogP contribution in [0.3, 0.4) is 0 Å². The molecule has 0 aromatic heterocycles. The van der Waals surface area contributed by atoms with Crippen molar-refractivity contribution in [2.45, 2.75) is 25.5 Å². The summed E-state index contributed by atoms with van der Waals surface area (Å²) in [4.78, 5) is 44.0. The Morgan fingerprint density at radius 2 is 1.65 bits per heavy atom. The summed E-state index contributed by atoms with van der Waals surface area (Å²) in [5, 5.41) is 19.1. The van der Waals surface area contributed by atoms with Crippen molar-refractivity contribution in [3.8, 4) is 17.2 Å². The molecular formula is C28H25N3O6. The number of rotatable bonds is 5. The molecule has 0 spiro atoms. The molecule has 1 aliphatic rings. The minimum absolute atomic E-state index is 0.0936. The maximum absolute atomic E-state index is 12.5. The molecular weight excluding hydrogens is 474 g/mol. The van der Waals surface area contributed by atoms with Gasteiger partial charge in [-0.05, 0) is 42.2 Å². The summed E-state index contributed by atoms with van der Waals surface area (Å²) in [5.41, 5.74) is 2.94. The average Bonchev–Trinajstić information content (AvgIpc) is 2.93. The van der Waals surface area contributed by atoms with E-state index in [1.807, 2.05) is 24.3 Å². The standard InChI is InChI=1S/C28H25N3O6/c29-18-20-7-6-8-21(17-20)19-30-15-13-23(14-16-30)36-26(32)27(33)37-31(28(34)35)25-12-5-4-11-24(25)22-9-2-1-3-10-22/h1-12,17,23H,13-16,19H2,(H,34,35). The van der Waals surface area contributed by atoms with E-state index in [1.165, 1.54) is 6.07 Å². The number of piperidine rings is 1. The summed E-state index contributed by atoms with van der Waals surface area (Å²) in [5.74, 6) is -2.66. The highest BCUT2D eigenvalue weighted by atomic mass is 16.7. The highest BCUT2D eigenvalue weighted by Crippen LogP contribution is 2.31. The van der Waals surface area contributed by atoms with E-state index < -0.39 is 24.1 Å². The van der Waals surface area contributed by atoms with Gasteiger partial charge >= 0.3 is 18.0 Å². The summed E-state index contributed by atoms with van der Waals surface area (Å²) in [6, 6.07) is 25.0. The fraction of sp³-hybridized carbons (Fsp3) is 0.214. The van der Waals surface area contributed by atoms with Crippen LogP contribution in [0.5, 0.6) is 0 Å². The third-order valence-corrected chi connectivity index (χ3v) is 5.99. The van der Waals surface area contributed by atoms with Gasteiger partial charge in [-0.25, -0.2) is 14.4 Å². The zero-order valence-electron chi connectivity index (χ0n) is 19.9. The number of likely N-dealkylation sites (tertiary alicyclic amines) is 1. The number of nitriles is 1. The molecule has 1 heterocycles. The third-order valence-electron chi connectivity index (χ3n) is 5.99. The van der Waals surface area contributed by atoms with E-state index in [4.69, 9.17) is 14.8 Å². The number of esters is 1. The molecule has 1 aliphatic heterocycles. The number of amides is 1. The van der Waals surface area contributed by atoms with Gasteiger partial charge in [0.25, 0.3) is 0 Å². The van der Waals surface area contributed by atoms with E-state index in [0.29, 0.717) is 54.2 Å². The molecule has 1 N–H and O–H groups in total. The second kappa shape index (κ2) is 11.8. The molecule has 0 atom stereocenters. The van der Waals surface area contributed by atoms with Crippen molar-refractivity contribution in [3.05, 3.63) is 90.0 Å². The van der Waals surface area contributed by atoms with Crippen LogP contribution in [0, 0.1) is 11.3 Å². The zero-order chi connectivity index (χ0) is 26.2. The van der Waals surface area contributed by atoms with E-state index in [1.54, 1.807) is 48.5 Å². The molecule has 3 aromatic carbocycles. The second-order valence-electron chi connectivity index (χ2n) is 8.53. The first-order valence-corrected chi connectivity index (χ1v) is 11.8. The zero-order valence-corrected chi connectivity index (χ0v) is 19.9. The number of carboxylic acid groups (broad SMARTS) is 1. The van der Waals surface area contributed by atoms with Crippen molar-refractivity contribution in [1.82, 2.24) is 4.90 Å². The van der Waals surface area contributed by atoms with Gasteiger partial charge in [-0.2, -0.15) is 5.26 Å². The third kappa shape index (κ3) is 6.51.